The molecule has 7 nitrogen and oxygen atoms in total. The molecule has 0 aliphatic heterocycles. The topological polar surface area (TPSA) is 133 Å². The van der Waals surface area contributed by atoms with E-state index in [0.717, 1.165) is 0 Å². The van der Waals surface area contributed by atoms with Crippen LogP contribution in [0.5, 0.6) is 0 Å². The van der Waals surface area contributed by atoms with Gasteiger partial charge in [0, 0.05) is 0 Å². The van der Waals surface area contributed by atoms with Crippen LogP contribution < -0.4 is 104 Å². The first-order valence-electron chi connectivity index (χ1n) is 2.39. The van der Waals surface area contributed by atoms with Gasteiger partial charge in [-0.3, -0.25) is 0 Å². The van der Waals surface area contributed by atoms with Gasteiger partial charge < -0.3 is 33.9 Å². The number of carbonyl (C=O) groups excluding carboxylic acids is 1. The summed E-state index contributed by atoms with van der Waals surface area (Å²) < 4.78 is 13.1. The zero-order valence-corrected chi connectivity index (χ0v) is 15.0. The van der Waals surface area contributed by atoms with Crippen molar-refractivity contribution in [2.24, 2.45) is 0 Å². The number of aliphatic hydroxyl groups is 1. The van der Waals surface area contributed by atoms with Gasteiger partial charge in [-0.05, 0) is 0 Å². The molecule has 0 saturated heterocycles. The van der Waals surface area contributed by atoms with Crippen LogP contribution in [-0.4, -0.2) is 23.8 Å². The summed E-state index contributed by atoms with van der Waals surface area (Å²) in [5.41, 5.74) is 0. The molecule has 0 aliphatic carbocycles. The largest absolute Gasteiger partial charge is 1.00 e. The summed E-state index contributed by atoms with van der Waals surface area (Å²) in [5, 5.41) is 17.9. The molecule has 1 unspecified atom stereocenters. The Morgan fingerprint density at radius 1 is 1.36 bits per heavy atom. The molecule has 0 saturated carbocycles. The van der Waals surface area contributed by atoms with E-state index in [1.54, 1.807) is 0 Å². The van der Waals surface area contributed by atoms with Gasteiger partial charge in [0.05, 0.1) is 20.4 Å². The third-order valence-corrected chi connectivity index (χ3v) is 1.20. The SMILES string of the molecule is O=C([O-])C(CO)OP(=O)([O-])[O-].[Na+].[Na+].[Na+]. The zero-order valence-electron chi connectivity index (χ0n) is 8.13. The summed E-state index contributed by atoms with van der Waals surface area (Å²) in [6.07, 6.45) is -2.11. The van der Waals surface area contributed by atoms with Crippen LogP contribution >= 0.6 is 7.82 Å². The number of hydrogen-bond acceptors (Lipinski definition) is 7. The minimum atomic E-state index is -5.37. The molecule has 1 atom stereocenters. The number of rotatable bonds is 4. The van der Waals surface area contributed by atoms with Crippen molar-refractivity contribution < 1.29 is 123 Å². The Morgan fingerprint density at radius 3 is 1.79 bits per heavy atom. The molecule has 0 aromatic rings. The van der Waals surface area contributed by atoms with Crippen LogP contribution in [0.2, 0.25) is 0 Å². The average molecular weight is 252 g/mol. The number of aliphatic carboxylic acids is 1. The summed E-state index contributed by atoms with van der Waals surface area (Å²) in [6, 6.07) is 0. The van der Waals surface area contributed by atoms with Crippen molar-refractivity contribution in [3.8, 4) is 0 Å². The number of carbonyl (C=O) groups is 1. The molecular weight excluding hydrogens is 248 g/mol. The van der Waals surface area contributed by atoms with Gasteiger partial charge in [0.25, 0.3) is 0 Å². The van der Waals surface area contributed by atoms with E-state index in [9.17, 15) is 24.3 Å². The van der Waals surface area contributed by atoms with Crippen molar-refractivity contribution in [2.75, 3.05) is 6.61 Å². The molecule has 66 valence electrons. The summed E-state index contributed by atoms with van der Waals surface area (Å²) in [6.45, 7) is -1.13. The molecule has 0 amide bonds. The van der Waals surface area contributed by atoms with Crippen LogP contribution in [0.25, 0.3) is 0 Å². The molecule has 0 heterocycles. The molecule has 0 spiro atoms. The van der Waals surface area contributed by atoms with E-state index < -0.39 is 26.5 Å². The smallest absolute Gasteiger partial charge is 0.790 e. The van der Waals surface area contributed by atoms with Gasteiger partial charge in [-0.2, -0.15) is 0 Å². The Balaban J connectivity index is -0.000000167. The van der Waals surface area contributed by atoms with Gasteiger partial charge in [0.2, 0.25) is 0 Å². The van der Waals surface area contributed by atoms with Crippen molar-refractivity contribution in [3.63, 3.8) is 0 Å². The first-order valence-corrected chi connectivity index (χ1v) is 3.85. The van der Waals surface area contributed by atoms with E-state index >= 15 is 0 Å². The molecule has 0 radical (unpaired) electrons. The van der Waals surface area contributed by atoms with E-state index in [1.807, 2.05) is 0 Å². The molecule has 14 heavy (non-hydrogen) atoms. The second-order valence-corrected chi connectivity index (χ2v) is 2.65. The molecule has 0 rings (SSSR count). The number of phosphoric ester groups is 1. The fourth-order valence-electron chi connectivity index (χ4n) is 0.307. The van der Waals surface area contributed by atoms with Gasteiger partial charge in [-0.15, -0.1) is 0 Å². The number of hydrogen-bond donors (Lipinski definition) is 1. The number of aliphatic hydroxyl groups excluding tert-OH is 1. The first kappa shape index (κ1) is 25.4. The third-order valence-electron chi connectivity index (χ3n) is 0.685. The standard InChI is InChI=1S/C3H7O7P.3Na/c4-1-2(3(5)6)10-11(7,8)9;;;/h2,4H,1H2,(H,5,6)(H2,7,8,9);;;/q;3*+1/p-3. The minimum absolute atomic E-state index is 0. The number of carboxylic acids is 1. The van der Waals surface area contributed by atoms with Crippen molar-refractivity contribution in [1.82, 2.24) is 0 Å². The van der Waals surface area contributed by atoms with E-state index in [0.29, 0.717) is 0 Å². The van der Waals surface area contributed by atoms with Gasteiger partial charge in [-0.25, -0.2) is 0 Å². The Bertz CT molecular complexity index is 193. The number of phosphoric acid groups is 1. The molecule has 0 aliphatic rings. The summed E-state index contributed by atoms with van der Waals surface area (Å²) in [5.74, 6) is -1.96. The van der Waals surface area contributed by atoms with Crippen molar-refractivity contribution >= 4 is 13.8 Å². The fraction of sp³-hybridized carbons (Fsp3) is 0.667. The van der Waals surface area contributed by atoms with E-state index in [2.05, 4.69) is 4.52 Å². The molecule has 0 bridgehead atoms. The monoisotopic (exact) mass is 252 g/mol. The van der Waals surface area contributed by atoms with Crippen LogP contribution in [0.3, 0.4) is 0 Å². The molecule has 11 heteroatoms. The van der Waals surface area contributed by atoms with Gasteiger partial charge >= 0.3 is 88.7 Å². The summed E-state index contributed by atoms with van der Waals surface area (Å²) >= 11 is 0. The molecule has 0 fully saturated rings. The van der Waals surface area contributed by atoms with Crippen molar-refractivity contribution in [2.45, 2.75) is 6.10 Å². The first-order chi connectivity index (χ1) is 4.87. The van der Waals surface area contributed by atoms with Crippen LogP contribution in [0, 0.1) is 0 Å². The second-order valence-electron chi connectivity index (χ2n) is 1.54. The van der Waals surface area contributed by atoms with Crippen LogP contribution in [-0.2, 0) is 13.9 Å². The predicted molar refractivity (Wildman–Crippen MR) is 24.6 cm³/mol. The molecular formula is C3H4Na3O7P. The maximum absolute atomic E-state index is 9.81. The van der Waals surface area contributed by atoms with Crippen LogP contribution in [0.4, 0.5) is 0 Å². The van der Waals surface area contributed by atoms with Crippen molar-refractivity contribution in [3.05, 3.63) is 0 Å². The number of carboxylic acid groups (broad SMARTS) is 1. The van der Waals surface area contributed by atoms with Gasteiger partial charge in [0.15, 0.2) is 0 Å². The molecule has 0 aromatic carbocycles. The van der Waals surface area contributed by atoms with Crippen LogP contribution in [0.1, 0.15) is 0 Å². The fourth-order valence-corrected chi connectivity index (χ4v) is 0.771. The Labute approximate surface area is 147 Å². The minimum Gasteiger partial charge on any atom is -0.790 e. The van der Waals surface area contributed by atoms with Crippen molar-refractivity contribution in [1.29, 1.82) is 0 Å². The van der Waals surface area contributed by atoms with E-state index in [4.69, 9.17) is 5.11 Å². The van der Waals surface area contributed by atoms with E-state index in [1.165, 1.54) is 0 Å². The Hall–Kier alpha value is 2.54. The normalized spacial score (nSPS) is 11.4. The van der Waals surface area contributed by atoms with E-state index in [-0.39, 0.29) is 88.7 Å². The van der Waals surface area contributed by atoms with Gasteiger partial charge in [0.1, 0.15) is 6.10 Å². The summed E-state index contributed by atoms with van der Waals surface area (Å²) in [4.78, 5) is 29.3. The third kappa shape index (κ3) is 14.5. The summed E-state index contributed by atoms with van der Waals surface area (Å²) in [7, 11) is -5.37. The van der Waals surface area contributed by atoms with Gasteiger partial charge in [-0.1, -0.05) is 0 Å². The second kappa shape index (κ2) is 12.0. The molecule has 0 aromatic heterocycles. The maximum atomic E-state index is 9.81. The Kier molecular flexibility index (Phi) is 21.8. The maximum Gasteiger partial charge on any atom is 1.00 e. The zero-order chi connectivity index (χ0) is 9.07. The Morgan fingerprint density at radius 2 is 1.71 bits per heavy atom. The quantitative estimate of drug-likeness (QED) is 0.388. The van der Waals surface area contributed by atoms with Crippen LogP contribution in [0.15, 0.2) is 0 Å². The predicted octanol–water partition coefficient (Wildman–Crippen LogP) is -13.0. The average Bonchev–Trinajstić information content (AvgIpc) is 1.80. The molecule has 1 N–H and O–H groups in total.